The molecule has 0 radical (unpaired) electrons. The van der Waals surface area contributed by atoms with E-state index in [1.54, 1.807) is 6.92 Å². The first-order valence-electron chi connectivity index (χ1n) is 9.40. The minimum absolute atomic E-state index is 0.00985. The number of halogens is 1. The normalized spacial score (nSPS) is 18.7. The molecule has 1 N–H and O–H groups in total. The second-order valence-electron chi connectivity index (χ2n) is 7.17. The van der Waals surface area contributed by atoms with E-state index in [0.29, 0.717) is 5.56 Å². The summed E-state index contributed by atoms with van der Waals surface area (Å²) in [5.74, 6) is -1.74. The quantitative estimate of drug-likeness (QED) is 0.573. The predicted molar refractivity (Wildman–Crippen MR) is 105 cm³/mol. The average Bonchev–Trinajstić information content (AvgIpc) is 2.92. The van der Waals surface area contributed by atoms with Crippen LogP contribution in [0.1, 0.15) is 41.8 Å². The highest BCUT2D eigenvalue weighted by atomic mass is 19.1. The third-order valence-corrected chi connectivity index (χ3v) is 5.12. The number of nitrogens with zero attached hydrogens (tertiary/aromatic N) is 1. The van der Waals surface area contributed by atoms with Crippen LogP contribution in [0.4, 0.5) is 9.18 Å². The number of rotatable bonds is 7. The van der Waals surface area contributed by atoms with E-state index in [1.165, 1.54) is 19.2 Å². The number of aryl methyl sites for hydroxylation is 1. The molecule has 0 aliphatic carbocycles. The maximum absolute atomic E-state index is 13.9. The van der Waals surface area contributed by atoms with E-state index in [1.807, 2.05) is 24.3 Å². The summed E-state index contributed by atoms with van der Waals surface area (Å²) in [7, 11) is 1.32. The van der Waals surface area contributed by atoms with Gasteiger partial charge in [-0.05, 0) is 42.7 Å². The molecule has 3 rings (SSSR count). The Hall–Kier alpha value is -3.22. The van der Waals surface area contributed by atoms with Crippen LogP contribution in [0.5, 0.6) is 5.75 Å². The fourth-order valence-electron chi connectivity index (χ4n) is 3.40. The molecular weight excluding hydrogens is 375 g/mol. The number of carbonyl (C=O) groups is 3. The third-order valence-electron chi connectivity index (χ3n) is 5.12. The highest BCUT2D eigenvalue weighted by Gasteiger charge is 2.49. The van der Waals surface area contributed by atoms with Crippen LogP contribution in [-0.2, 0) is 16.8 Å². The lowest BCUT2D eigenvalue weighted by Gasteiger charge is -2.22. The molecule has 1 aliphatic rings. The van der Waals surface area contributed by atoms with Gasteiger partial charge in [-0.15, -0.1) is 0 Å². The van der Waals surface area contributed by atoms with Gasteiger partial charge in [0.05, 0.1) is 13.7 Å². The van der Waals surface area contributed by atoms with Crippen LogP contribution < -0.4 is 10.1 Å². The van der Waals surface area contributed by atoms with Gasteiger partial charge in [-0.1, -0.05) is 37.6 Å². The Bertz CT molecular complexity index is 958. The number of hydrogen-bond acceptors (Lipinski definition) is 4. The van der Waals surface area contributed by atoms with Crippen molar-refractivity contribution in [1.82, 2.24) is 10.2 Å². The lowest BCUT2D eigenvalue weighted by atomic mass is 9.91. The van der Waals surface area contributed by atoms with Gasteiger partial charge in [0.1, 0.15) is 5.54 Å². The Morgan fingerprint density at radius 2 is 1.86 bits per heavy atom. The van der Waals surface area contributed by atoms with Crippen LogP contribution in [0.15, 0.2) is 42.5 Å². The average molecular weight is 398 g/mol. The van der Waals surface area contributed by atoms with E-state index in [9.17, 15) is 18.8 Å². The SMILES string of the molecule is CCCc1ccc(C2(C)NC(=O)N(CC(=O)c3ccc(OC)c(F)c3)C2=O)cc1. The molecule has 0 spiro atoms. The van der Waals surface area contributed by atoms with Crippen molar-refractivity contribution in [2.24, 2.45) is 0 Å². The second kappa shape index (κ2) is 8.03. The number of nitrogens with one attached hydrogen (secondary N) is 1. The molecule has 29 heavy (non-hydrogen) atoms. The summed E-state index contributed by atoms with van der Waals surface area (Å²) in [6.07, 6.45) is 1.93. The first-order chi connectivity index (χ1) is 13.8. The van der Waals surface area contributed by atoms with Gasteiger partial charge in [-0.25, -0.2) is 9.18 Å². The zero-order valence-corrected chi connectivity index (χ0v) is 16.6. The molecule has 2 aromatic carbocycles. The number of Topliss-reactive ketones (excluding diaryl/α,β-unsaturated/α-hetero) is 1. The number of benzene rings is 2. The largest absolute Gasteiger partial charge is 0.494 e. The summed E-state index contributed by atoms with van der Waals surface area (Å²) in [5.41, 5.74) is 0.584. The van der Waals surface area contributed by atoms with E-state index in [4.69, 9.17) is 4.74 Å². The van der Waals surface area contributed by atoms with Crippen LogP contribution >= 0.6 is 0 Å². The van der Waals surface area contributed by atoms with Crippen molar-refractivity contribution in [3.05, 3.63) is 65.0 Å². The number of hydrogen-bond donors (Lipinski definition) is 1. The lowest BCUT2D eigenvalue weighted by Crippen LogP contribution is -2.41. The third kappa shape index (κ3) is 3.85. The molecule has 3 amide bonds. The van der Waals surface area contributed by atoms with Gasteiger partial charge >= 0.3 is 6.03 Å². The fraction of sp³-hybridized carbons (Fsp3) is 0.318. The zero-order chi connectivity index (χ0) is 21.2. The number of amides is 3. The molecule has 2 aromatic rings. The number of ketones is 1. The number of ether oxygens (including phenoxy) is 1. The molecule has 1 saturated heterocycles. The first-order valence-corrected chi connectivity index (χ1v) is 9.40. The molecule has 7 heteroatoms. The fourth-order valence-corrected chi connectivity index (χ4v) is 3.40. The van der Waals surface area contributed by atoms with Gasteiger partial charge in [0, 0.05) is 5.56 Å². The van der Waals surface area contributed by atoms with Gasteiger partial charge in [0.15, 0.2) is 17.3 Å². The number of imide groups is 1. The highest BCUT2D eigenvalue weighted by Crippen LogP contribution is 2.29. The van der Waals surface area contributed by atoms with E-state index in [-0.39, 0.29) is 11.3 Å². The van der Waals surface area contributed by atoms with Crippen LogP contribution in [0.25, 0.3) is 0 Å². The predicted octanol–water partition coefficient (Wildman–Crippen LogP) is 3.44. The van der Waals surface area contributed by atoms with Crippen molar-refractivity contribution in [2.75, 3.05) is 13.7 Å². The number of methoxy groups -OCH3 is 1. The van der Waals surface area contributed by atoms with Crippen LogP contribution in [0, 0.1) is 5.82 Å². The smallest absolute Gasteiger partial charge is 0.325 e. The minimum atomic E-state index is -1.26. The summed E-state index contributed by atoms with van der Waals surface area (Å²) in [4.78, 5) is 38.8. The molecule has 1 atom stereocenters. The maximum atomic E-state index is 13.9. The maximum Gasteiger partial charge on any atom is 0.325 e. The Morgan fingerprint density at radius 3 is 2.45 bits per heavy atom. The molecule has 1 aliphatic heterocycles. The molecule has 0 saturated carbocycles. The molecule has 6 nitrogen and oxygen atoms in total. The van der Waals surface area contributed by atoms with Crippen LogP contribution in [-0.4, -0.2) is 36.3 Å². The molecule has 152 valence electrons. The van der Waals surface area contributed by atoms with Crippen molar-refractivity contribution in [3.8, 4) is 5.75 Å². The highest BCUT2D eigenvalue weighted by molar-refractivity contribution is 6.11. The Balaban J connectivity index is 1.79. The summed E-state index contributed by atoms with van der Waals surface area (Å²) in [5, 5.41) is 2.68. The van der Waals surface area contributed by atoms with Gasteiger partial charge in [-0.2, -0.15) is 0 Å². The number of urea groups is 1. The first kappa shape index (κ1) is 20.5. The van der Waals surface area contributed by atoms with Crippen molar-refractivity contribution >= 4 is 17.7 Å². The molecule has 0 bridgehead atoms. The molecule has 0 aromatic heterocycles. The van der Waals surface area contributed by atoms with Gasteiger partial charge in [0.25, 0.3) is 5.91 Å². The standard InChI is InChI=1S/C22H23FN2O4/c1-4-5-14-6-9-16(10-7-14)22(2)20(27)25(21(28)24-22)13-18(26)15-8-11-19(29-3)17(23)12-15/h6-12H,4-5,13H2,1-3H3,(H,24,28). The number of carbonyl (C=O) groups excluding carboxylic acids is 3. The van der Waals surface area contributed by atoms with E-state index < -0.39 is 35.6 Å². The summed E-state index contributed by atoms with van der Waals surface area (Å²) >= 11 is 0. The molecule has 1 heterocycles. The summed E-state index contributed by atoms with van der Waals surface area (Å²) in [6.45, 7) is 3.22. The van der Waals surface area contributed by atoms with Crippen molar-refractivity contribution in [2.45, 2.75) is 32.2 Å². The zero-order valence-electron chi connectivity index (χ0n) is 16.6. The minimum Gasteiger partial charge on any atom is -0.494 e. The van der Waals surface area contributed by atoms with Crippen LogP contribution in [0.3, 0.4) is 0 Å². The Morgan fingerprint density at radius 1 is 1.17 bits per heavy atom. The van der Waals surface area contributed by atoms with Gasteiger partial charge in [0.2, 0.25) is 0 Å². The van der Waals surface area contributed by atoms with E-state index in [0.717, 1.165) is 29.4 Å². The van der Waals surface area contributed by atoms with Crippen LogP contribution in [0.2, 0.25) is 0 Å². The second-order valence-corrected chi connectivity index (χ2v) is 7.17. The summed E-state index contributed by atoms with van der Waals surface area (Å²) in [6, 6.07) is 10.6. The molecule has 1 fully saturated rings. The summed E-state index contributed by atoms with van der Waals surface area (Å²) < 4.78 is 18.7. The van der Waals surface area contributed by atoms with E-state index in [2.05, 4.69) is 12.2 Å². The molecule has 1 unspecified atom stereocenters. The Kier molecular flexibility index (Phi) is 5.68. The van der Waals surface area contributed by atoms with Gasteiger partial charge < -0.3 is 10.1 Å². The van der Waals surface area contributed by atoms with E-state index >= 15 is 0 Å². The monoisotopic (exact) mass is 398 g/mol. The Labute approximate surface area is 168 Å². The lowest BCUT2D eigenvalue weighted by molar-refractivity contribution is -0.130. The topological polar surface area (TPSA) is 75.7 Å². The van der Waals surface area contributed by atoms with Gasteiger partial charge in [-0.3, -0.25) is 14.5 Å². The molecular formula is C22H23FN2O4. The van der Waals surface area contributed by atoms with Crippen molar-refractivity contribution < 1.29 is 23.5 Å². The van der Waals surface area contributed by atoms with Crippen molar-refractivity contribution in [3.63, 3.8) is 0 Å². The van der Waals surface area contributed by atoms with Crippen molar-refractivity contribution in [1.29, 1.82) is 0 Å².